The number of halogens is 4. The van der Waals surface area contributed by atoms with Crippen LogP contribution in [-0.4, -0.2) is 0 Å². The molecule has 0 fully saturated rings. The Morgan fingerprint density at radius 2 is 1.59 bits per heavy atom. The fraction of sp³-hybridized carbons (Fsp3) is 0.231. The molecule has 2 aromatic rings. The van der Waals surface area contributed by atoms with Gasteiger partial charge in [-0.1, -0.05) is 24.3 Å². The quantitative estimate of drug-likeness (QED) is 0.588. The Morgan fingerprint density at radius 3 is 2.18 bits per heavy atom. The second-order valence-electron chi connectivity index (χ2n) is 3.83. The van der Waals surface area contributed by atoms with Gasteiger partial charge < -0.3 is 0 Å². The first-order valence-corrected chi connectivity index (χ1v) is 6.85. The first-order valence-electron chi connectivity index (χ1n) is 5.10. The molecule has 90 valence electrons. The lowest BCUT2D eigenvalue weighted by molar-refractivity contribution is 1.19. The summed E-state index contributed by atoms with van der Waals surface area (Å²) in [5.74, 6) is 0. The van der Waals surface area contributed by atoms with Gasteiger partial charge in [0.05, 0.1) is 0 Å². The van der Waals surface area contributed by atoms with Crippen molar-refractivity contribution in [1.82, 2.24) is 0 Å². The Kier molecular flexibility index (Phi) is 4.10. The van der Waals surface area contributed by atoms with Gasteiger partial charge in [-0.2, -0.15) is 0 Å². The van der Waals surface area contributed by atoms with Crippen molar-refractivity contribution >= 4 is 57.2 Å². The molecule has 0 bridgehead atoms. The van der Waals surface area contributed by atoms with Gasteiger partial charge in [-0.25, -0.2) is 0 Å². The molecule has 4 heteroatoms. The first kappa shape index (κ1) is 13.3. The summed E-state index contributed by atoms with van der Waals surface area (Å²) in [5.41, 5.74) is 2.61. The van der Waals surface area contributed by atoms with Gasteiger partial charge in [-0.3, -0.25) is 0 Å². The van der Waals surface area contributed by atoms with Gasteiger partial charge in [-0.15, -0.1) is 46.4 Å². The molecule has 0 aliphatic heterocycles. The predicted molar refractivity (Wildman–Crippen MR) is 77.6 cm³/mol. The largest absolute Gasteiger partial charge is 0.133 e. The molecule has 0 aliphatic rings. The Balaban J connectivity index is 2.84. The lowest BCUT2D eigenvalue weighted by Gasteiger charge is -2.17. The van der Waals surface area contributed by atoms with Crippen molar-refractivity contribution in [2.75, 3.05) is 0 Å². The molecule has 0 radical (unpaired) electrons. The van der Waals surface area contributed by atoms with E-state index in [1.165, 1.54) is 0 Å². The molecule has 2 aromatic carbocycles. The fourth-order valence-corrected chi connectivity index (χ4v) is 2.98. The van der Waals surface area contributed by atoms with E-state index in [0.717, 1.165) is 27.5 Å². The third kappa shape index (κ3) is 2.51. The van der Waals surface area contributed by atoms with E-state index in [4.69, 9.17) is 46.4 Å². The van der Waals surface area contributed by atoms with Crippen LogP contribution in [0.5, 0.6) is 0 Å². The molecular formula is C13H10Cl4. The van der Waals surface area contributed by atoms with Crippen LogP contribution in [0.25, 0.3) is 10.8 Å². The fourth-order valence-electron chi connectivity index (χ4n) is 2.04. The van der Waals surface area contributed by atoms with Gasteiger partial charge in [0.15, 0.2) is 0 Å². The third-order valence-corrected chi connectivity index (χ3v) is 3.75. The summed E-state index contributed by atoms with van der Waals surface area (Å²) in [6, 6.07) is 9.95. The highest BCUT2D eigenvalue weighted by Crippen LogP contribution is 2.40. The molecule has 0 aliphatic carbocycles. The Labute approximate surface area is 120 Å². The van der Waals surface area contributed by atoms with Crippen LogP contribution in [-0.2, 0) is 0 Å². The monoisotopic (exact) mass is 306 g/mol. The molecule has 0 aromatic heterocycles. The minimum absolute atomic E-state index is 0.630. The van der Waals surface area contributed by atoms with Crippen LogP contribution in [0.4, 0.5) is 0 Å². The summed E-state index contributed by atoms with van der Waals surface area (Å²) in [7, 11) is 0. The maximum absolute atomic E-state index is 6.01. The molecule has 0 heterocycles. The Hall–Kier alpha value is -0.140. The molecular weight excluding hydrogens is 298 g/mol. The zero-order valence-electron chi connectivity index (χ0n) is 9.05. The average Bonchev–Trinajstić information content (AvgIpc) is 2.28. The Morgan fingerprint density at radius 1 is 0.941 bits per heavy atom. The lowest BCUT2D eigenvalue weighted by Crippen LogP contribution is -1.98. The van der Waals surface area contributed by atoms with E-state index in [2.05, 4.69) is 0 Å². The highest BCUT2D eigenvalue weighted by Gasteiger charge is 2.19. The van der Waals surface area contributed by atoms with Crippen molar-refractivity contribution in [3.8, 4) is 0 Å². The van der Waals surface area contributed by atoms with Gasteiger partial charge in [0.25, 0.3) is 0 Å². The molecule has 0 spiro atoms. The minimum atomic E-state index is -0.631. The lowest BCUT2D eigenvalue weighted by atomic mass is 9.96. The number of rotatable bonds is 2. The standard InChI is InChI=1S/C13H10Cl4/c1-7-9-5-3-2-4-8(9)6-10(12(14)15)11(7)13(16)17/h2-6,12-13H,1H3. The number of hydrogen-bond acceptors (Lipinski definition) is 0. The molecule has 0 amide bonds. The van der Waals surface area contributed by atoms with Crippen LogP contribution in [0.3, 0.4) is 0 Å². The van der Waals surface area contributed by atoms with Gasteiger partial charge in [0.1, 0.15) is 9.67 Å². The summed E-state index contributed by atoms with van der Waals surface area (Å²) in [6.45, 7) is 1.98. The van der Waals surface area contributed by atoms with Crippen LogP contribution >= 0.6 is 46.4 Å². The molecule has 17 heavy (non-hydrogen) atoms. The van der Waals surface area contributed by atoms with Crippen LogP contribution in [0.1, 0.15) is 26.4 Å². The summed E-state index contributed by atoms with van der Waals surface area (Å²) in [5, 5.41) is 2.20. The normalized spacial score (nSPS) is 11.7. The molecule has 0 N–H and O–H groups in total. The van der Waals surface area contributed by atoms with Crippen molar-refractivity contribution in [2.24, 2.45) is 0 Å². The van der Waals surface area contributed by atoms with Gasteiger partial charge in [-0.05, 0) is 40.5 Å². The summed E-state index contributed by atoms with van der Waals surface area (Å²) in [4.78, 5) is -1.26. The molecule has 2 rings (SSSR count). The van der Waals surface area contributed by atoms with E-state index in [9.17, 15) is 0 Å². The van der Waals surface area contributed by atoms with E-state index < -0.39 is 9.67 Å². The third-order valence-electron chi connectivity index (χ3n) is 2.84. The van der Waals surface area contributed by atoms with Crippen LogP contribution < -0.4 is 0 Å². The zero-order chi connectivity index (χ0) is 12.6. The Bertz CT molecular complexity index is 546. The van der Waals surface area contributed by atoms with Crippen LogP contribution in [0.15, 0.2) is 30.3 Å². The van der Waals surface area contributed by atoms with Crippen LogP contribution in [0, 0.1) is 6.92 Å². The predicted octanol–water partition coefficient (Wildman–Crippen LogP) is 6.10. The second kappa shape index (κ2) is 5.24. The van der Waals surface area contributed by atoms with E-state index in [1.807, 2.05) is 37.3 Å². The van der Waals surface area contributed by atoms with Gasteiger partial charge in [0, 0.05) is 0 Å². The zero-order valence-corrected chi connectivity index (χ0v) is 12.1. The molecule has 0 nitrogen and oxygen atoms in total. The van der Waals surface area contributed by atoms with E-state index in [0.29, 0.717) is 0 Å². The van der Waals surface area contributed by atoms with Crippen LogP contribution in [0.2, 0.25) is 0 Å². The van der Waals surface area contributed by atoms with Crippen molar-refractivity contribution < 1.29 is 0 Å². The van der Waals surface area contributed by atoms with Crippen molar-refractivity contribution in [1.29, 1.82) is 0 Å². The van der Waals surface area contributed by atoms with Gasteiger partial charge in [0.2, 0.25) is 0 Å². The maximum Gasteiger partial charge on any atom is 0.133 e. The molecule has 0 saturated carbocycles. The summed E-state index contributed by atoms with van der Waals surface area (Å²) in [6.07, 6.45) is 0. The van der Waals surface area contributed by atoms with E-state index in [-0.39, 0.29) is 0 Å². The second-order valence-corrected chi connectivity index (χ2v) is 6.02. The molecule has 0 atom stereocenters. The molecule has 0 saturated heterocycles. The topological polar surface area (TPSA) is 0 Å². The summed E-state index contributed by atoms with van der Waals surface area (Å²) < 4.78 is 0. The highest BCUT2D eigenvalue weighted by molar-refractivity contribution is 6.46. The number of hydrogen-bond donors (Lipinski definition) is 0. The van der Waals surface area contributed by atoms with Crippen molar-refractivity contribution in [3.63, 3.8) is 0 Å². The smallest absolute Gasteiger partial charge is 0.100 e. The minimum Gasteiger partial charge on any atom is -0.100 e. The number of aryl methyl sites for hydroxylation is 1. The number of alkyl halides is 4. The average molecular weight is 308 g/mol. The van der Waals surface area contributed by atoms with E-state index >= 15 is 0 Å². The first-order chi connectivity index (χ1) is 8.02. The molecule has 0 unspecified atom stereocenters. The van der Waals surface area contributed by atoms with E-state index in [1.54, 1.807) is 0 Å². The summed E-state index contributed by atoms with van der Waals surface area (Å²) >= 11 is 24.0. The number of fused-ring (bicyclic) bond motifs is 1. The number of benzene rings is 2. The highest BCUT2D eigenvalue weighted by atomic mass is 35.5. The maximum atomic E-state index is 6.01. The van der Waals surface area contributed by atoms with Gasteiger partial charge >= 0.3 is 0 Å². The van der Waals surface area contributed by atoms with Crippen molar-refractivity contribution in [2.45, 2.75) is 16.6 Å². The van der Waals surface area contributed by atoms with Crippen molar-refractivity contribution in [3.05, 3.63) is 47.0 Å². The SMILES string of the molecule is Cc1c(C(Cl)Cl)c(C(Cl)Cl)cc2ccccc12.